The van der Waals surface area contributed by atoms with Crippen molar-refractivity contribution in [1.29, 1.82) is 0 Å². The molecule has 5 nitrogen and oxygen atoms in total. The minimum absolute atomic E-state index is 0.0219. The number of aliphatic hydroxyl groups excluding tert-OH is 1. The summed E-state index contributed by atoms with van der Waals surface area (Å²) in [7, 11) is 0. The van der Waals surface area contributed by atoms with Crippen LogP contribution in [0.4, 0.5) is 4.79 Å². The number of rotatable bonds is 4. The van der Waals surface area contributed by atoms with E-state index in [9.17, 15) is 9.90 Å². The van der Waals surface area contributed by atoms with E-state index >= 15 is 0 Å². The van der Waals surface area contributed by atoms with Crippen molar-refractivity contribution in [3.63, 3.8) is 0 Å². The van der Waals surface area contributed by atoms with Crippen molar-refractivity contribution >= 4 is 6.09 Å². The Bertz CT molecular complexity index is 513. The summed E-state index contributed by atoms with van der Waals surface area (Å²) in [6.45, 7) is 8.80. The molecule has 1 saturated heterocycles. The molecule has 3 atom stereocenters. The van der Waals surface area contributed by atoms with E-state index in [4.69, 9.17) is 4.74 Å². The van der Waals surface area contributed by atoms with Crippen molar-refractivity contribution in [1.82, 2.24) is 10.2 Å². The number of hydrogen-bond acceptors (Lipinski definition) is 4. The highest BCUT2D eigenvalue weighted by Gasteiger charge is 2.37. The summed E-state index contributed by atoms with van der Waals surface area (Å²) >= 11 is 0. The van der Waals surface area contributed by atoms with Crippen LogP contribution in [-0.4, -0.2) is 47.4 Å². The summed E-state index contributed by atoms with van der Waals surface area (Å²) in [5, 5.41) is 13.2. The van der Waals surface area contributed by atoms with Gasteiger partial charge in [-0.05, 0) is 33.3 Å². The van der Waals surface area contributed by atoms with Crippen LogP contribution in [0, 0.1) is 5.92 Å². The third kappa shape index (κ3) is 4.94. The van der Waals surface area contributed by atoms with Crippen molar-refractivity contribution in [3.8, 4) is 0 Å². The SMILES string of the molecule is C[C@H](N[C@H]1CN(C(=O)OC(C)(C)C)C[C@@H]1CO)c1ccccc1. The smallest absolute Gasteiger partial charge is 0.410 e. The molecule has 1 amide bonds. The molecule has 0 aromatic heterocycles. The van der Waals surface area contributed by atoms with Gasteiger partial charge in [0.2, 0.25) is 0 Å². The first-order chi connectivity index (χ1) is 10.8. The monoisotopic (exact) mass is 320 g/mol. The molecule has 1 aromatic rings. The number of amides is 1. The zero-order valence-electron chi connectivity index (χ0n) is 14.5. The van der Waals surface area contributed by atoms with Gasteiger partial charge < -0.3 is 20.1 Å². The molecule has 1 aliphatic rings. The maximum atomic E-state index is 12.2. The van der Waals surface area contributed by atoms with Crippen LogP contribution >= 0.6 is 0 Å². The third-order valence-electron chi connectivity index (χ3n) is 4.09. The molecule has 0 aliphatic carbocycles. The maximum Gasteiger partial charge on any atom is 0.410 e. The molecular formula is C18H28N2O3. The van der Waals surface area contributed by atoms with Crippen LogP contribution in [0.5, 0.6) is 0 Å². The Kier molecular flexibility index (Phi) is 5.65. The molecule has 0 radical (unpaired) electrons. The Morgan fingerprint density at radius 1 is 1.35 bits per heavy atom. The topological polar surface area (TPSA) is 61.8 Å². The van der Waals surface area contributed by atoms with Crippen molar-refractivity contribution < 1.29 is 14.6 Å². The zero-order valence-corrected chi connectivity index (χ0v) is 14.5. The molecule has 23 heavy (non-hydrogen) atoms. The molecule has 128 valence electrons. The van der Waals surface area contributed by atoms with Gasteiger partial charge in [-0.2, -0.15) is 0 Å². The van der Waals surface area contributed by atoms with E-state index in [0.717, 1.165) is 0 Å². The molecule has 0 unspecified atom stereocenters. The number of aliphatic hydroxyl groups is 1. The number of hydrogen-bond donors (Lipinski definition) is 2. The number of likely N-dealkylation sites (tertiary alicyclic amines) is 1. The molecule has 0 saturated carbocycles. The van der Waals surface area contributed by atoms with E-state index in [1.165, 1.54) is 5.56 Å². The predicted molar refractivity (Wildman–Crippen MR) is 90.2 cm³/mol. The highest BCUT2D eigenvalue weighted by molar-refractivity contribution is 5.68. The second kappa shape index (κ2) is 7.32. The van der Waals surface area contributed by atoms with Gasteiger partial charge in [0.1, 0.15) is 5.60 Å². The lowest BCUT2D eigenvalue weighted by atomic mass is 10.0. The number of nitrogens with one attached hydrogen (secondary N) is 1. The summed E-state index contributed by atoms with van der Waals surface area (Å²) in [6, 6.07) is 10.4. The van der Waals surface area contributed by atoms with Crippen LogP contribution in [0.15, 0.2) is 30.3 Å². The average Bonchev–Trinajstić information content (AvgIpc) is 2.89. The highest BCUT2D eigenvalue weighted by Crippen LogP contribution is 2.23. The minimum atomic E-state index is -0.505. The molecule has 1 aromatic carbocycles. The van der Waals surface area contributed by atoms with Crippen LogP contribution in [0.2, 0.25) is 0 Å². The standard InChI is InChI=1S/C18H28N2O3/c1-13(14-8-6-5-7-9-14)19-16-11-20(10-15(16)12-21)17(22)23-18(2,3)4/h5-9,13,15-16,19,21H,10-12H2,1-4H3/t13-,15+,16-/m0/s1. The fourth-order valence-electron chi connectivity index (χ4n) is 2.88. The minimum Gasteiger partial charge on any atom is -0.444 e. The van der Waals surface area contributed by atoms with Crippen LogP contribution in [0.1, 0.15) is 39.3 Å². The lowest BCUT2D eigenvalue weighted by Gasteiger charge is -2.25. The van der Waals surface area contributed by atoms with Gasteiger partial charge in [-0.3, -0.25) is 0 Å². The van der Waals surface area contributed by atoms with E-state index in [1.807, 2.05) is 39.0 Å². The summed E-state index contributed by atoms with van der Waals surface area (Å²) in [6.07, 6.45) is -0.312. The lowest BCUT2D eigenvalue weighted by Crippen LogP contribution is -2.40. The molecule has 1 heterocycles. The van der Waals surface area contributed by atoms with Crippen molar-refractivity contribution in [2.45, 2.75) is 45.4 Å². The first kappa shape index (κ1) is 17.8. The maximum absolute atomic E-state index is 12.2. The average molecular weight is 320 g/mol. The second-order valence-corrected chi connectivity index (χ2v) is 7.23. The van der Waals surface area contributed by atoms with Crippen molar-refractivity contribution in [3.05, 3.63) is 35.9 Å². The number of carbonyl (C=O) groups is 1. The quantitative estimate of drug-likeness (QED) is 0.895. The van der Waals surface area contributed by atoms with Crippen molar-refractivity contribution in [2.24, 2.45) is 5.92 Å². The first-order valence-electron chi connectivity index (χ1n) is 8.20. The van der Waals surface area contributed by atoms with Gasteiger partial charge in [-0.1, -0.05) is 30.3 Å². The summed E-state index contributed by atoms with van der Waals surface area (Å²) < 4.78 is 5.43. The number of ether oxygens (including phenoxy) is 1. The Balaban J connectivity index is 1.98. The fraction of sp³-hybridized carbons (Fsp3) is 0.611. The molecule has 2 rings (SSSR count). The van der Waals surface area contributed by atoms with E-state index < -0.39 is 5.60 Å². The van der Waals surface area contributed by atoms with E-state index in [-0.39, 0.29) is 30.7 Å². The Labute approximate surface area is 138 Å². The van der Waals surface area contributed by atoms with Gasteiger partial charge in [0, 0.05) is 37.7 Å². The second-order valence-electron chi connectivity index (χ2n) is 7.23. The lowest BCUT2D eigenvalue weighted by molar-refractivity contribution is 0.0282. The van der Waals surface area contributed by atoms with Crippen LogP contribution in [0.3, 0.4) is 0 Å². The normalized spacial score (nSPS) is 22.9. The molecule has 1 fully saturated rings. The summed E-state index contributed by atoms with van der Waals surface area (Å²) in [4.78, 5) is 13.9. The first-order valence-corrected chi connectivity index (χ1v) is 8.20. The zero-order chi connectivity index (χ0) is 17.0. The molecule has 2 N–H and O–H groups in total. The molecule has 1 aliphatic heterocycles. The Morgan fingerprint density at radius 2 is 2.00 bits per heavy atom. The van der Waals surface area contributed by atoms with Gasteiger partial charge >= 0.3 is 6.09 Å². The summed E-state index contributed by atoms with van der Waals surface area (Å²) in [5.74, 6) is 0.0219. The summed E-state index contributed by atoms with van der Waals surface area (Å²) in [5.41, 5.74) is 0.689. The van der Waals surface area contributed by atoms with Gasteiger partial charge in [0.25, 0.3) is 0 Å². The predicted octanol–water partition coefficient (Wildman–Crippen LogP) is 2.57. The molecule has 0 bridgehead atoms. The van der Waals surface area contributed by atoms with Gasteiger partial charge in [-0.25, -0.2) is 4.79 Å². The van der Waals surface area contributed by atoms with Crippen molar-refractivity contribution in [2.75, 3.05) is 19.7 Å². The van der Waals surface area contributed by atoms with Crippen LogP contribution in [-0.2, 0) is 4.74 Å². The third-order valence-corrected chi connectivity index (χ3v) is 4.09. The molecule has 5 heteroatoms. The van der Waals surface area contributed by atoms with Gasteiger partial charge in [-0.15, -0.1) is 0 Å². The molecule has 0 spiro atoms. The van der Waals surface area contributed by atoms with E-state index in [0.29, 0.717) is 13.1 Å². The number of benzene rings is 1. The largest absolute Gasteiger partial charge is 0.444 e. The number of carbonyl (C=O) groups excluding carboxylic acids is 1. The van der Waals surface area contributed by atoms with Crippen LogP contribution < -0.4 is 5.32 Å². The number of nitrogens with zero attached hydrogens (tertiary/aromatic N) is 1. The van der Waals surface area contributed by atoms with E-state index in [1.54, 1.807) is 4.90 Å². The highest BCUT2D eigenvalue weighted by atomic mass is 16.6. The molecular weight excluding hydrogens is 292 g/mol. The van der Waals surface area contributed by atoms with Gasteiger partial charge in [0.15, 0.2) is 0 Å². The Hall–Kier alpha value is -1.59. The van der Waals surface area contributed by atoms with Gasteiger partial charge in [0.05, 0.1) is 0 Å². The fourth-order valence-corrected chi connectivity index (χ4v) is 2.88. The Morgan fingerprint density at radius 3 is 2.57 bits per heavy atom. The van der Waals surface area contributed by atoms with E-state index in [2.05, 4.69) is 24.4 Å². The van der Waals surface area contributed by atoms with Crippen LogP contribution in [0.25, 0.3) is 0 Å².